The quantitative estimate of drug-likeness (QED) is 0.537. The predicted octanol–water partition coefficient (Wildman–Crippen LogP) is 5.57. The molecule has 2 aromatic rings. The number of ether oxygens (including phenoxy) is 2. The van der Waals surface area contributed by atoms with Crippen LogP contribution in [0.25, 0.3) is 6.08 Å². The zero-order chi connectivity index (χ0) is 21.7. The summed E-state index contributed by atoms with van der Waals surface area (Å²) in [6, 6.07) is 13.3. The van der Waals surface area contributed by atoms with Gasteiger partial charge in [-0.15, -0.1) is 0 Å². The molecule has 2 aromatic carbocycles. The Morgan fingerprint density at radius 3 is 2.30 bits per heavy atom. The molecule has 0 aliphatic carbocycles. The summed E-state index contributed by atoms with van der Waals surface area (Å²) in [6.07, 6.45) is 2.62. The smallest absolute Gasteiger partial charge is 0.387 e. The molecule has 158 valence electrons. The second-order valence-corrected chi connectivity index (χ2v) is 7.95. The second kappa shape index (κ2) is 9.75. The van der Waals surface area contributed by atoms with Gasteiger partial charge in [0, 0.05) is 5.25 Å². The van der Waals surface area contributed by atoms with E-state index in [2.05, 4.69) is 23.6 Å². The predicted molar refractivity (Wildman–Crippen MR) is 116 cm³/mol. The summed E-state index contributed by atoms with van der Waals surface area (Å²) in [5.74, 6) is 0.473. The van der Waals surface area contributed by atoms with Crippen LogP contribution < -0.4 is 14.4 Å². The lowest BCUT2D eigenvalue weighted by molar-refractivity contribution is -0.113. The van der Waals surface area contributed by atoms with E-state index in [1.54, 1.807) is 25.3 Å². The van der Waals surface area contributed by atoms with Gasteiger partial charge in [-0.05, 0) is 54.5 Å². The van der Waals surface area contributed by atoms with Crippen molar-refractivity contribution >= 4 is 34.6 Å². The molecule has 1 heterocycles. The number of methoxy groups -OCH3 is 1. The fourth-order valence-corrected chi connectivity index (χ4v) is 3.67. The van der Waals surface area contributed by atoms with Gasteiger partial charge in [0.05, 0.1) is 12.8 Å². The number of rotatable bonds is 7. The Balaban J connectivity index is 1.91. The van der Waals surface area contributed by atoms with Crippen LogP contribution >= 0.6 is 11.8 Å². The van der Waals surface area contributed by atoms with Crippen LogP contribution in [-0.2, 0) is 4.79 Å². The topological polar surface area (TPSA) is 51.1 Å². The molecule has 1 amide bonds. The van der Waals surface area contributed by atoms with Crippen molar-refractivity contribution in [2.75, 3.05) is 12.0 Å². The summed E-state index contributed by atoms with van der Waals surface area (Å²) < 4.78 is 34.4. The summed E-state index contributed by atoms with van der Waals surface area (Å²) in [5, 5.41) is 0.803. The average Bonchev–Trinajstić information content (AvgIpc) is 3.03. The first kappa shape index (κ1) is 21.8. The summed E-state index contributed by atoms with van der Waals surface area (Å²) in [5.41, 5.74) is 1.66. The zero-order valence-electron chi connectivity index (χ0n) is 16.8. The number of hydrogen-bond donors (Lipinski definition) is 0. The van der Waals surface area contributed by atoms with Crippen LogP contribution in [0, 0.1) is 0 Å². The molecule has 0 aromatic heterocycles. The minimum absolute atomic E-state index is 0.0301. The third-order valence-electron chi connectivity index (χ3n) is 4.45. The van der Waals surface area contributed by atoms with Crippen molar-refractivity contribution in [2.24, 2.45) is 4.99 Å². The van der Waals surface area contributed by atoms with Gasteiger partial charge in [-0.3, -0.25) is 9.69 Å². The Bertz CT molecular complexity index is 944. The minimum atomic E-state index is -2.90. The van der Waals surface area contributed by atoms with E-state index >= 15 is 0 Å². The van der Waals surface area contributed by atoms with Gasteiger partial charge >= 0.3 is 6.61 Å². The third-order valence-corrected chi connectivity index (χ3v) is 5.67. The number of carbonyl (C=O) groups is 1. The molecule has 1 aliphatic heterocycles. The van der Waals surface area contributed by atoms with Crippen molar-refractivity contribution in [3.8, 4) is 11.5 Å². The molecular weight excluding hydrogens is 410 g/mol. The van der Waals surface area contributed by atoms with Crippen LogP contribution in [-0.4, -0.2) is 30.0 Å². The maximum Gasteiger partial charge on any atom is 0.387 e. The Labute approximate surface area is 178 Å². The number of carbonyl (C=O) groups excluding carboxylic acids is 1. The number of thioether (sulfide) groups is 1. The Kier molecular flexibility index (Phi) is 7.10. The summed E-state index contributed by atoms with van der Waals surface area (Å²) >= 11 is 1.49. The van der Waals surface area contributed by atoms with Crippen molar-refractivity contribution in [1.82, 2.24) is 0 Å². The summed E-state index contributed by atoms with van der Waals surface area (Å²) in [4.78, 5) is 19.2. The minimum Gasteiger partial charge on any atom is -0.497 e. The molecule has 1 unspecified atom stereocenters. The van der Waals surface area contributed by atoms with Crippen LogP contribution in [0.1, 0.15) is 25.8 Å². The molecule has 8 heteroatoms. The van der Waals surface area contributed by atoms with Gasteiger partial charge < -0.3 is 9.47 Å². The summed E-state index contributed by atoms with van der Waals surface area (Å²) in [7, 11) is 1.59. The van der Waals surface area contributed by atoms with Crippen LogP contribution in [0.5, 0.6) is 11.5 Å². The fourth-order valence-electron chi connectivity index (χ4n) is 2.70. The highest BCUT2D eigenvalue weighted by atomic mass is 32.2. The number of halogens is 2. The number of amidine groups is 1. The molecule has 0 fully saturated rings. The number of anilines is 1. The van der Waals surface area contributed by atoms with Crippen molar-refractivity contribution in [1.29, 1.82) is 0 Å². The highest BCUT2D eigenvalue weighted by Gasteiger charge is 2.32. The number of hydrogen-bond acceptors (Lipinski definition) is 5. The third kappa shape index (κ3) is 5.18. The normalized spacial score (nSPS) is 16.2. The SMILES string of the molecule is CCC(C)SC1=N/C(=C/c2ccc(OC)cc2)C(=O)N1c1ccc(OC(F)F)cc1. The number of alkyl halides is 2. The highest BCUT2D eigenvalue weighted by molar-refractivity contribution is 8.14. The van der Waals surface area contributed by atoms with E-state index in [4.69, 9.17) is 4.74 Å². The van der Waals surface area contributed by atoms with Gasteiger partial charge in [0.15, 0.2) is 5.17 Å². The molecule has 1 aliphatic rings. The lowest BCUT2D eigenvalue weighted by Gasteiger charge is -2.20. The Morgan fingerprint density at radius 2 is 1.73 bits per heavy atom. The molecule has 3 rings (SSSR count). The van der Waals surface area contributed by atoms with Gasteiger partial charge in [-0.2, -0.15) is 8.78 Å². The molecular formula is C22H22F2N2O3S. The van der Waals surface area contributed by atoms with Crippen LogP contribution in [0.3, 0.4) is 0 Å². The largest absolute Gasteiger partial charge is 0.497 e. The summed E-state index contributed by atoms with van der Waals surface area (Å²) in [6.45, 7) is 1.21. The Hall–Kier alpha value is -2.87. The number of nitrogens with zero attached hydrogens (tertiary/aromatic N) is 2. The van der Waals surface area contributed by atoms with Gasteiger partial charge in [-0.25, -0.2) is 4.99 Å². The van der Waals surface area contributed by atoms with Gasteiger partial charge in [0.25, 0.3) is 5.91 Å². The van der Waals surface area contributed by atoms with Crippen molar-refractivity contribution in [3.63, 3.8) is 0 Å². The maximum absolute atomic E-state index is 13.1. The lowest BCUT2D eigenvalue weighted by Crippen LogP contribution is -2.31. The van der Waals surface area contributed by atoms with Gasteiger partial charge in [0.1, 0.15) is 17.2 Å². The fraction of sp³-hybridized carbons (Fsp3) is 0.273. The van der Waals surface area contributed by atoms with E-state index < -0.39 is 6.61 Å². The van der Waals surface area contributed by atoms with Crippen molar-refractivity contribution in [3.05, 3.63) is 59.8 Å². The first-order valence-corrected chi connectivity index (χ1v) is 10.3. The molecule has 0 spiro atoms. The van der Waals surface area contributed by atoms with E-state index in [1.165, 1.54) is 28.8 Å². The highest BCUT2D eigenvalue weighted by Crippen LogP contribution is 2.33. The molecule has 0 saturated heterocycles. The molecule has 1 atom stereocenters. The molecule has 0 bridgehead atoms. The van der Waals surface area contributed by atoms with E-state index in [-0.39, 0.29) is 16.9 Å². The zero-order valence-corrected chi connectivity index (χ0v) is 17.7. The number of amides is 1. The van der Waals surface area contributed by atoms with E-state index in [0.29, 0.717) is 16.6 Å². The first-order valence-electron chi connectivity index (χ1n) is 9.41. The molecule has 0 saturated carbocycles. The average molecular weight is 432 g/mol. The first-order chi connectivity index (χ1) is 14.4. The lowest BCUT2D eigenvalue weighted by atomic mass is 10.2. The number of benzene rings is 2. The van der Waals surface area contributed by atoms with Crippen LogP contribution in [0.15, 0.2) is 59.2 Å². The van der Waals surface area contributed by atoms with Crippen LogP contribution in [0.2, 0.25) is 0 Å². The molecule has 5 nitrogen and oxygen atoms in total. The van der Waals surface area contributed by atoms with E-state index in [9.17, 15) is 13.6 Å². The van der Waals surface area contributed by atoms with Gasteiger partial charge in [-0.1, -0.05) is 37.7 Å². The van der Waals surface area contributed by atoms with Crippen LogP contribution in [0.4, 0.5) is 14.5 Å². The maximum atomic E-state index is 13.1. The standard InChI is InChI=1S/C22H22F2N2O3S/c1-4-14(2)30-22-25-19(13-15-5-9-17(28-3)10-6-15)20(27)26(22)16-7-11-18(12-8-16)29-21(23)24/h5-14,21H,4H2,1-3H3/b19-13+. The Morgan fingerprint density at radius 1 is 1.10 bits per heavy atom. The van der Waals surface area contributed by atoms with Gasteiger partial charge in [0.2, 0.25) is 0 Å². The molecule has 0 radical (unpaired) electrons. The van der Waals surface area contributed by atoms with E-state index in [1.807, 2.05) is 24.3 Å². The van der Waals surface area contributed by atoms with E-state index in [0.717, 1.165) is 17.7 Å². The number of aliphatic imine (C=N–C) groups is 1. The van der Waals surface area contributed by atoms with Crippen molar-refractivity contribution in [2.45, 2.75) is 32.1 Å². The second-order valence-electron chi connectivity index (χ2n) is 6.55. The molecule has 0 N–H and O–H groups in total. The monoisotopic (exact) mass is 432 g/mol. The van der Waals surface area contributed by atoms with Crippen molar-refractivity contribution < 1.29 is 23.0 Å². The molecule has 30 heavy (non-hydrogen) atoms.